The van der Waals surface area contributed by atoms with E-state index in [4.69, 9.17) is 4.74 Å². The van der Waals surface area contributed by atoms with E-state index in [1.54, 1.807) is 17.8 Å². The van der Waals surface area contributed by atoms with Crippen LogP contribution in [0, 0.1) is 0 Å². The maximum atomic E-state index is 12.3. The number of amides is 1. The maximum Gasteiger partial charge on any atom is 0.359 e. The summed E-state index contributed by atoms with van der Waals surface area (Å²) in [5.41, 5.74) is 1.27. The molecule has 126 valence electrons. The van der Waals surface area contributed by atoms with E-state index in [1.165, 1.54) is 11.2 Å². The van der Waals surface area contributed by atoms with E-state index in [0.29, 0.717) is 16.6 Å². The number of esters is 1. The lowest BCUT2D eigenvalue weighted by Crippen LogP contribution is -2.53. The second-order valence-electron chi connectivity index (χ2n) is 6.48. The van der Waals surface area contributed by atoms with Crippen LogP contribution in [0.1, 0.15) is 26.2 Å². The summed E-state index contributed by atoms with van der Waals surface area (Å²) in [7, 11) is 2.05. The van der Waals surface area contributed by atoms with Gasteiger partial charge in [0.15, 0.2) is 6.26 Å². The molecule has 3 atom stereocenters. The van der Waals surface area contributed by atoms with Crippen LogP contribution in [0.2, 0.25) is 0 Å². The second kappa shape index (κ2) is 6.30. The first-order chi connectivity index (χ1) is 11.0. The van der Waals surface area contributed by atoms with Gasteiger partial charge < -0.3 is 9.84 Å². The van der Waals surface area contributed by atoms with Gasteiger partial charge in [0.25, 0.3) is 0 Å². The van der Waals surface area contributed by atoms with Gasteiger partial charge in [0.2, 0.25) is 5.91 Å². The lowest BCUT2D eigenvalue weighted by molar-refractivity contribution is -0.885. The molecule has 1 N–H and O–H groups in total. The number of allylic oxidation sites excluding steroid dienone is 1. The van der Waals surface area contributed by atoms with Crippen molar-refractivity contribution in [2.24, 2.45) is 0 Å². The Morgan fingerprint density at radius 3 is 3.09 bits per heavy atom. The Balaban J connectivity index is 1.68. The van der Waals surface area contributed by atoms with E-state index in [9.17, 15) is 14.7 Å². The maximum absolute atomic E-state index is 12.3. The van der Waals surface area contributed by atoms with Gasteiger partial charge in [0.1, 0.15) is 17.4 Å². The van der Waals surface area contributed by atoms with Crippen molar-refractivity contribution in [3.05, 3.63) is 23.7 Å². The van der Waals surface area contributed by atoms with E-state index >= 15 is 0 Å². The number of likely N-dealkylation sites (N-methyl/N-ethyl adjacent to an activating group) is 1. The highest BCUT2D eigenvalue weighted by molar-refractivity contribution is 8.00. The molecular formula is C16H23N2O4S+. The fourth-order valence-corrected chi connectivity index (χ4v) is 4.62. The van der Waals surface area contributed by atoms with Gasteiger partial charge in [-0.15, -0.1) is 11.8 Å². The molecule has 23 heavy (non-hydrogen) atoms. The Labute approximate surface area is 140 Å². The Hall–Kier alpha value is -1.31. The molecule has 3 aliphatic rings. The van der Waals surface area contributed by atoms with Crippen LogP contribution in [0.3, 0.4) is 0 Å². The Bertz CT molecular complexity index is 589. The van der Waals surface area contributed by atoms with Crippen LogP contribution >= 0.6 is 11.8 Å². The van der Waals surface area contributed by atoms with Crippen LogP contribution in [0.4, 0.5) is 0 Å². The Morgan fingerprint density at radius 2 is 2.39 bits per heavy atom. The van der Waals surface area contributed by atoms with Crippen LogP contribution in [0.5, 0.6) is 0 Å². The zero-order valence-electron chi connectivity index (χ0n) is 13.5. The number of thioether (sulfide) groups is 1. The largest absolute Gasteiger partial charge is 0.424 e. The fraction of sp³-hybridized carbons (Fsp3) is 0.625. The molecule has 3 aliphatic heterocycles. The van der Waals surface area contributed by atoms with Crippen molar-refractivity contribution in [1.29, 1.82) is 0 Å². The molecule has 0 aliphatic carbocycles. The molecule has 2 saturated heterocycles. The summed E-state index contributed by atoms with van der Waals surface area (Å²) >= 11 is 1.66. The van der Waals surface area contributed by atoms with Crippen molar-refractivity contribution in [3.8, 4) is 0 Å². The number of carbonyl (C=O) groups excluding carboxylic acids is 2. The number of β-lactam (4-membered cyclic amide) rings is 1. The Kier molecular flexibility index (Phi) is 4.53. The third kappa shape index (κ3) is 2.81. The van der Waals surface area contributed by atoms with Crippen molar-refractivity contribution in [2.45, 2.75) is 37.6 Å². The first kappa shape index (κ1) is 16.5. The minimum absolute atomic E-state index is 0.0232. The number of hydrogen-bond acceptors (Lipinski definition) is 5. The average Bonchev–Trinajstić information content (AvgIpc) is 2.92. The summed E-state index contributed by atoms with van der Waals surface area (Å²) in [6, 6.07) is 0.150. The smallest absolute Gasteiger partial charge is 0.359 e. The number of fused-ring (bicyclic) bond motifs is 1. The van der Waals surface area contributed by atoms with Crippen molar-refractivity contribution in [3.63, 3.8) is 0 Å². The van der Waals surface area contributed by atoms with Gasteiger partial charge in [-0.2, -0.15) is 0 Å². The quantitative estimate of drug-likeness (QED) is 0.361. The summed E-state index contributed by atoms with van der Waals surface area (Å²) in [6.07, 6.45) is 5.76. The molecule has 2 fully saturated rings. The molecule has 1 unspecified atom stereocenters. The summed E-state index contributed by atoms with van der Waals surface area (Å²) in [5.74, 6) is 0.223. The third-order valence-electron chi connectivity index (χ3n) is 5.26. The summed E-state index contributed by atoms with van der Waals surface area (Å²) < 4.78 is 5.95. The number of likely N-dealkylation sites (tertiary alicyclic amines) is 1. The molecular weight excluding hydrogens is 316 g/mol. The van der Waals surface area contributed by atoms with Gasteiger partial charge in [-0.3, -0.25) is 14.2 Å². The number of aliphatic hydroxyl groups is 1. The third-order valence-corrected chi connectivity index (χ3v) is 6.38. The van der Waals surface area contributed by atoms with E-state index in [2.05, 4.69) is 7.05 Å². The van der Waals surface area contributed by atoms with E-state index in [-0.39, 0.29) is 23.9 Å². The summed E-state index contributed by atoms with van der Waals surface area (Å²) in [6.45, 7) is 2.98. The van der Waals surface area contributed by atoms with Gasteiger partial charge >= 0.3 is 5.97 Å². The van der Waals surface area contributed by atoms with Crippen LogP contribution in [-0.2, 0) is 14.3 Å². The number of nitrogens with zero attached hydrogens (tertiary/aromatic N) is 2. The van der Waals surface area contributed by atoms with Crippen molar-refractivity contribution in [1.82, 2.24) is 4.90 Å². The van der Waals surface area contributed by atoms with Gasteiger partial charge in [-0.1, -0.05) is 0 Å². The van der Waals surface area contributed by atoms with E-state index in [0.717, 1.165) is 30.8 Å². The highest BCUT2D eigenvalue weighted by Crippen LogP contribution is 2.37. The SMILES string of the molecule is CC(=COC(=O)C1=CCSC2CC(=O)N12)[N@@+]1(C)CCC[C@H]1CO. The van der Waals surface area contributed by atoms with Crippen molar-refractivity contribution >= 4 is 23.6 Å². The van der Waals surface area contributed by atoms with Crippen LogP contribution in [0.25, 0.3) is 0 Å². The molecule has 0 spiro atoms. The predicted octanol–water partition coefficient (Wildman–Crippen LogP) is 1.18. The number of ether oxygens (including phenoxy) is 1. The minimum atomic E-state index is -0.478. The summed E-state index contributed by atoms with van der Waals surface area (Å²) in [5, 5.41) is 9.61. The molecule has 0 aromatic heterocycles. The highest BCUT2D eigenvalue weighted by atomic mass is 32.2. The molecule has 0 saturated carbocycles. The monoisotopic (exact) mass is 339 g/mol. The first-order valence-electron chi connectivity index (χ1n) is 7.95. The normalized spacial score (nSPS) is 33.9. The molecule has 7 heteroatoms. The molecule has 3 rings (SSSR count). The lowest BCUT2D eigenvalue weighted by atomic mass is 10.1. The van der Waals surface area contributed by atoms with Gasteiger partial charge in [-0.05, 0) is 6.08 Å². The van der Waals surface area contributed by atoms with Crippen LogP contribution in [0.15, 0.2) is 23.7 Å². The minimum Gasteiger partial charge on any atom is -0.424 e. The van der Waals surface area contributed by atoms with E-state index in [1.807, 2.05) is 6.92 Å². The number of carbonyl (C=O) groups is 2. The van der Waals surface area contributed by atoms with Crippen molar-refractivity contribution < 1.29 is 23.9 Å². The van der Waals surface area contributed by atoms with Gasteiger partial charge in [0, 0.05) is 25.5 Å². The zero-order valence-corrected chi connectivity index (χ0v) is 14.3. The molecule has 0 aromatic carbocycles. The van der Waals surface area contributed by atoms with Crippen molar-refractivity contribution in [2.75, 3.05) is 26.0 Å². The van der Waals surface area contributed by atoms with E-state index < -0.39 is 5.97 Å². The predicted molar refractivity (Wildman–Crippen MR) is 86.8 cm³/mol. The average molecular weight is 339 g/mol. The molecule has 0 radical (unpaired) electrons. The first-order valence-corrected chi connectivity index (χ1v) is 9.00. The number of aliphatic hydroxyl groups excluding tert-OH is 1. The lowest BCUT2D eigenvalue weighted by Gasteiger charge is -2.42. The van der Waals surface area contributed by atoms with Gasteiger partial charge in [-0.25, -0.2) is 4.79 Å². The van der Waals surface area contributed by atoms with Gasteiger partial charge in [0.05, 0.1) is 32.0 Å². The molecule has 0 bridgehead atoms. The molecule has 0 aromatic rings. The number of rotatable bonds is 4. The second-order valence-corrected chi connectivity index (χ2v) is 7.69. The molecule has 1 amide bonds. The standard InChI is InChI=1S/C16H23N2O4S/c1-11(18(2)6-3-4-12(18)9-19)10-22-16(21)13-5-7-23-15-8-14(20)17(13)15/h5,10,12,15,19H,3-4,6-9H2,1-2H3/q+1/t12-,15?,18+/m0/s1. The Morgan fingerprint density at radius 1 is 1.61 bits per heavy atom. The molecule has 6 nitrogen and oxygen atoms in total. The number of hydrogen-bond donors (Lipinski definition) is 1. The summed E-state index contributed by atoms with van der Waals surface area (Å²) in [4.78, 5) is 25.5. The molecule has 3 heterocycles. The fourth-order valence-electron chi connectivity index (χ4n) is 3.51. The highest BCUT2D eigenvalue weighted by Gasteiger charge is 2.44. The topological polar surface area (TPSA) is 66.8 Å². The van der Waals surface area contributed by atoms with Crippen LogP contribution in [-0.4, -0.2) is 63.7 Å². The zero-order chi connectivity index (χ0) is 16.6. The van der Waals surface area contributed by atoms with Crippen LogP contribution < -0.4 is 0 Å². The number of quaternary nitrogens is 1.